The first-order chi connectivity index (χ1) is 20.9. The number of nitrogens with one attached hydrogen (secondary N) is 3. The normalized spacial score (nSPS) is 20.7. The molecule has 0 aromatic carbocycles. The molecule has 1 aliphatic carbocycles. The average molecular weight is 637 g/mol. The van der Waals surface area contributed by atoms with Gasteiger partial charge in [0, 0.05) is 33.0 Å². The van der Waals surface area contributed by atoms with Crippen molar-refractivity contribution in [3.63, 3.8) is 0 Å². The topological polar surface area (TPSA) is 170 Å². The van der Waals surface area contributed by atoms with E-state index in [1.807, 2.05) is 13.0 Å². The van der Waals surface area contributed by atoms with Gasteiger partial charge < -0.3 is 15.4 Å². The largest absolute Gasteiger partial charge is 0.444 e. The van der Waals surface area contributed by atoms with E-state index in [0.29, 0.717) is 29.9 Å². The second-order valence-corrected chi connectivity index (χ2v) is 14.4. The zero-order valence-electron chi connectivity index (χ0n) is 24.8. The third kappa shape index (κ3) is 6.19. The summed E-state index contributed by atoms with van der Waals surface area (Å²) in [5.41, 5.74) is -1.14. The van der Waals surface area contributed by atoms with Crippen molar-refractivity contribution in [3.8, 4) is 0 Å². The first-order valence-corrected chi connectivity index (χ1v) is 15.9. The van der Waals surface area contributed by atoms with E-state index in [1.54, 1.807) is 33.0 Å². The molecular formula is C29H32N8O5S2. The maximum Gasteiger partial charge on any atom is 0.413 e. The first-order valence-electron chi connectivity index (χ1n) is 14.3. The van der Waals surface area contributed by atoms with Crippen molar-refractivity contribution in [3.05, 3.63) is 55.6 Å². The molecule has 3 N–H and O–H groups in total. The third-order valence-corrected chi connectivity index (χ3v) is 9.63. The summed E-state index contributed by atoms with van der Waals surface area (Å²) in [5.74, 6) is 0.749. The highest BCUT2D eigenvalue weighted by molar-refractivity contribution is 7.19. The second kappa shape index (κ2) is 11.4. The molecule has 1 saturated carbocycles. The van der Waals surface area contributed by atoms with Crippen LogP contribution in [0.15, 0.2) is 29.3 Å². The van der Waals surface area contributed by atoms with Crippen LogP contribution in [0.2, 0.25) is 0 Å². The molecule has 2 unspecified atom stereocenters. The van der Waals surface area contributed by atoms with Crippen molar-refractivity contribution in [1.29, 1.82) is 0 Å². The number of fused-ring (bicyclic) bond motifs is 2. The Balaban J connectivity index is 1.12. The fraction of sp³-hybridized carbons (Fsp3) is 0.448. The lowest BCUT2D eigenvalue weighted by Crippen LogP contribution is -2.36. The van der Waals surface area contributed by atoms with E-state index in [0.717, 1.165) is 26.4 Å². The summed E-state index contributed by atoms with van der Waals surface area (Å²) in [6.07, 6.45) is 3.83. The van der Waals surface area contributed by atoms with E-state index >= 15 is 0 Å². The number of anilines is 2. The van der Waals surface area contributed by atoms with E-state index < -0.39 is 29.2 Å². The smallest absolute Gasteiger partial charge is 0.413 e. The number of hydrogen-bond donors (Lipinski definition) is 3. The molecule has 0 spiro atoms. The summed E-state index contributed by atoms with van der Waals surface area (Å²) in [6.45, 7) is 9.62. The van der Waals surface area contributed by atoms with Gasteiger partial charge in [0.2, 0.25) is 10.9 Å². The Morgan fingerprint density at radius 2 is 1.82 bits per heavy atom. The molecule has 4 aromatic rings. The molecule has 6 rings (SSSR count). The number of carbonyl (C=O) groups excluding carboxylic acids is 3. The van der Waals surface area contributed by atoms with Crippen LogP contribution in [0.3, 0.4) is 0 Å². The molecule has 2 aliphatic rings. The quantitative estimate of drug-likeness (QED) is 0.258. The molecule has 230 valence electrons. The number of rotatable bonds is 7. The number of carbonyl (C=O) groups is 3. The molecule has 15 heteroatoms. The number of amides is 3. The maximum atomic E-state index is 13.5. The van der Waals surface area contributed by atoms with Crippen molar-refractivity contribution >= 4 is 62.2 Å². The lowest BCUT2D eigenvalue weighted by atomic mass is 10.1. The fourth-order valence-corrected chi connectivity index (χ4v) is 7.16. The molecule has 1 aliphatic heterocycles. The Morgan fingerprint density at radius 3 is 2.55 bits per heavy atom. The SMILES string of the molecule is CC1CC1c1nnc(C(=O)Nc2cnc3n(c2=O)[C@H](C(=O)NCc2cc4cnc(NC(=O)OC(C)(C)C)cc4s2)C[C@H]3C)s1. The Hall–Kier alpha value is -4.24. The number of hydrogen-bond acceptors (Lipinski definition) is 11. The van der Waals surface area contributed by atoms with Crippen molar-refractivity contribution in [2.75, 3.05) is 10.6 Å². The molecule has 44 heavy (non-hydrogen) atoms. The number of nitrogens with zero attached hydrogens (tertiary/aromatic N) is 5. The highest BCUT2D eigenvalue weighted by Crippen LogP contribution is 2.47. The van der Waals surface area contributed by atoms with Gasteiger partial charge in [-0.2, -0.15) is 0 Å². The predicted octanol–water partition coefficient (Wildman–Crippen LogP) is 4.79. The molecule has 1 fully saturated rings. The van der Waals surface area contributed by atoms with Crippen molar-refractivity contribution in [1.82, 2.24) is 30.0 Å². The van der Waals surface area contributed by atoms with E-state index in [9.17, 15) is 19.2 Å². The van der Waals surface area contributed by atoms with Crippen molar-refractivity contribution in [2.45, 2.75) is 77.5 Å². The standard InChI is InChI=1S/C29H32N8O5S2/c1-13-6-17(13)25-35-36-26(44-25)24(39)33-18-12-31-22-14(2)7-19(37(22)27(18)40)23(38)32-11-16-8-15-10-30-21(9-20(15)43-16)34-28(41)42-29(3,4)5/h8-10,12-14,17,19H,6-7,11H2,1-5H3,(H,32,38)(H,33,39)(H,30,34,41)/t13?,14-,17?,19+/m1/s1. The van der Waals surface area contributed by atoms with Crippen LogP contribution >= 0.6 is 22.7 Å². The lowest BCUT2D eigenvalue weighted by Gasteiger charge is -2.19. The molecule has 0 saturated heterocycles. The van der Waals surface area contributed by atoms with E-state index in [2.05, 4.69) is 43.0 Å². The number of aromatic nitrogens is 5. The van der Waals surface area contributed by atoms with Crippen LogP contribution in [0.4, 0.5) is 16.3 Å². The fourth-order valence-electron chi connectivity index (χ4n) is 5.17. The van der Waals surface area contributed by atoms with Crippen LogP contribution in [-0.4, -0.2) is 48.2 Å². The zero-order valence-corrected chi connectivity index (χ0v) is 26.5. The van der Waals surface area contributed by atoms with Gasteiger partial charge in [-0.25, -0.2) is 14.8 Å². The van der Waals surface area contributed by atoms with Crippen LogP contribution in [0.1, 0.15) is 90.8 Å². The van der Waals surface area contributed by atoms with Crippen LogP contribution in [-0.2, 0) is 16.1 Å². The Labute approximate surface area is 260 Å². The van der Waals surface area contributed by atoms with E-state index in [4.69, 9.17) is 4.74 Å². The molecule has 4 atom stereocenters. The molecule has 13 nitrogen and oxygen atoms in total. The minimum absolute atomic E-state index is 0.0185. The summed E-state index contributed by atoms with van der Waals surface area (Å²) >= 11 is 2.68. The van der Waals surface area contributed by atoms with Crippen molar-refractivity contribution in [2.24, 2.45) is 5.92 Å². The van der Waals surface area contributed by atoms with E-state index in [1.165, 1.54) is 33.4 Å². The number of ether oxygens (including phenoxy) is 1. The average Bonchev–Trinajstić information content (AvgIpc) is 3.30. The summed E-state index contributed by atoms with van der Waals surface area (Å²) < 4.78 is 7.54. The minimum Gasteiger partial charge on any atom is -0.444 e. The summed E-state index contributed by atoms with van der Waals surface area (Å²) in [6, 6.07) is 2.89. The second-order valence-electron chi connectivity index (χ2n) is 12.2. The van der Waals surface area contributed by atoms with Gasteiger partial charge in [0.15, 0.2) is 0 Å². The van der Waals surface area contributed by atoms with Gasteiger partial charge in [-0.05, 0) is 51.7 Å². The Morgan fingerprint density at radius 1 is 1.05 bits per heavy atom. The summed E-state index contributed by atoms with van der Waals surface area (Å²) in [5, 5.41) is 18.2. The number of thiophene rings is 1. The Kier molecular flexibility index (Phi) is 7.70. The maximum absolute atomic E-state index is 13.5. The zero-order chi connectivity index (χ0) is 31.3. The summed E-state index contributed by atoms with van der Waals surface area (Å²) in [4.78, 5) is 61.4. The number of pyridine rings is 1. The molecule has 0 radical (unpaired) electrons. The molecule has 0 bridgehead atoms. The first kappa shape index (κ1) is 29.8. The van der Waals surface area contributed by atoms with Crippen LogP contribution in [0, 0.1) is 5.92 Å². The minimum atomic E-state index is -0.776. The summed E-state index contributed by atoms with van der Waals surface area (Å²) in [7, 11) is 0. The monoisotopic (exact) mass is 636 g/mol. The van der Waals surface area contributed by atoms with E-state index in [-0.39, 0.29) is 29.1 Å². The molecule has 3 amide bonds. The van der Waals surface area contributed by atoms with Crippen LogP contribution < -0.4 is 21.5 Å². The lowest BCUT2D eigenvalue weighted by molar-refractivity contribution is -0.124. The molecule has 5 heterocycles. The van der Waals surface area contributed by atoms with Gasteiger partial charge in [-0.1, -0.05) is 25.2 Å². The highest BCUT2D eigenvalue weighted by atomic mass is 32.1. The predicted molar refractivity (Wildman–Crippen MR) is 166 cm³/mol. The van der Waals surface area contributed by atoms with Crippen molar-refractivity contribution < 1.29 is 19.1 Å². The van der Waals surface area contributed by atoms with Gasteiger partial charge in [0.25, 0.3) is 11.5 Å². The van der Waals surface area contributed by atoms with Gasteiger partial charge in [0.05, 0.1) is 12.7 Å². The molecule has 4 aromatic heterocycles. The third-order valence-electron chi connectivity index (χ3n) is 7.48. The van der Waals surface area contributed by atoms with Crippen LogP contribution in [0.25, 0.3) is 10.1 Å². The van der Waals surface area contributed by atoms with Gasteiger partial charge in [0.1, 0.15) is 34.0 Å². The van der Waals surface area contributed by atoms with Gasteiger partial charge in [-0.3, -0.25) is 24.3 Å². The Bertz CT molecular complexity index is 1840. The van der Waals surface area contributed by atoms with Crippen LogP contribution in [0.5, 0.6) is 0 Å². The molecular weight excluding hydrogens is 605 g/mol. The van der Waals surface area contributed by atoms with Gasteiger partial charge in [-0.15, -0.1) is 21.5 Å². The highest BCUT2D eigenvalue weighted by Gasteiger charge is 2.38. The van der Waals surface area contributed by atoms with Gasteiger partial charge >= 0.3 is 6.09 Å².